The Balaban J connectivity index is 1.52. The first kappa shape index (κ1) is 24.9. The van der Waals surface area contributed by atoms with Gasteiger partial charge in [-0.15, -0.1) is 0 Å². The van der Waals surface area contributed by atoms with E-state index in [1.807, 2.05) is 43.3 Å². The minimum Gasteiger partial charge on any atom is -0.494 e. The highest BCUT2D eigenvalue weighted by Gasteiger charge is 2.33. The number of amides is 1. The summed E-state index contributed by atoms with van der Waals surface area (Å²) in [6, 6.07) is 17.4. The molecule has 0 aromatic heterocycles. The van der Waals surface area contributed by atoms with E-state index in [4.69, 9.17) is 21.7 Å². The molecule has 0 aliphatic carbocycles. The van der Waals surface area contributed by atoms with Crippen molar-refractivity contribution >= 4 is 77.8 Å². The third kappa shape index (κ3) is 5.54. The second-order valence-corrected chi connectivity index (χ2v) is 10.5. The molecule has 1 fully saturated rings. The SMILES string of the molecule is CCOc1ccc(N2C(=O)/C(=C\c3cc(Br)c(OCc4ccccc4F)c(Br)c3)SC2=S)cc1. The maximum atomic E-state index is 13.9. The highest BCUT2D eigenvalue weighted by molar-refractivity contribution is 9.11. The number of hydrogen-bond donors (Lipinski definition) is 0. The quantitative estimate of drug-likeness (QED) is 0.199. The molecule has 3 aromatic rings. The molecule has 1 aliphatic heterocycles. The van der Waals surface area contributed by atoms with E-state index in [2.05, 4.69) is 31.9 Å². The molecule has 0 saturated carbocycles. The van der Waals surface area contributed by atoms with Gasteiger partial charge in [0, 0.05) is 5.56 Å². The fourth-order valence-corrected chi connectivity index (χ4v) is 6.02. The predicted octanol–water partition coefficient (Wildman–Crippen LogP) is 7.73. The van der Waals surface area contributed by atoms with Gasteiger partial charge in [0.25, 0.3) is 5.91 Å². The van der Waals surface area contributed by atoms with Gasteiger partial charge in [0.1, 0.15) is 23.9 Å². The van der Waals surface area contributed by atoms with E-state index < -0.39 is 0 Å². The van der Waals surface area contributed by atoms with E-state index in [1.54, 1.807) is 24.3 Å². The summed E-state index contributed by atoms with van der Waals surface area (Å²) < 4.78 is 27.0. The minimum atomic E-state index is -0.319. The maximum absolute atomic E-state index is 13.9. The molecular weight excluding hydrogens is 605 g/mol. The third-order valence-corrected chi connectivity index (χ3v) is 7.33. The molecule has 4 nitrogen and oxygen atoms in total. The zero-order valence-corrected chi connectivity index (χ0v) is 22.7. The van der Waals surface area contributed by atoms with Crippen LogP contribution in [0.2, 0.25) is 0 Å². The molecule has 0 atom stereocenters. The average molecular weight is 623 g/mol. The van der Waals surface area contributed by atoms with Crippen molar-refractivity contribution in [3.05, 3.63) is 91.5 Å². The molecule has 0 radical (unpaired) electrons. The lowest BCUT2D eigenvalue weighted by atomic mass is 10.2. The molecule has 174 valence electrons. The molecule has 0 unspecified atom stereocenters. The second kappa shape index (κ2) is 11.0. The number of carbonyl (C=O) groups excluding carboxylic acids is 1. The number of nitrogens with zero attached hydrogens (tertiary/aromatic N) is 1. The molecule has 0 spiro atoms. The molecule has 1 amide bonds. The largest absolute Gasteiger partial charge is 0.494 e. The van der Waals surface area contributed by atoms with Gasteiger partial charge in [0.15, 0.2) is 4.32 Å². The van der Waals surface area contributed by atoms with Gasteiger partial charge < -0.3 is 9.47 Å². The lowest BCUT2D eigenvalue weighted by Crippen LogP contribution is -2.27. The summed E-state index contributed by atoms with van der Waals surface area (Å²) in [6.07, 6.45) is 1.78. The number of thioether (sulfide) groups is 1. The molecule has 1 heterocycles. The molecule has 1 saturated heterocycles. The summed E-state index contributed by atoms with van der Waals surface area (Å²) in [5.41, 5.74) is 1.93. The summed E-state index contributed by atoms with van der Waals surface area (Å²) in [5, 5.41) is 0. The first-order valence-electron chi connectivity index (χ1n) is 10.2. The highest BCUT2D eigenvalue weighted by atomic mass is 79.9. The van der Waals surface area contributed by atoms with Gasteiger partial charge >= 0.3 is 0 Å². The van der Waals surface area contributed by atoms with Crippen molar-refractivity contribution in [1.29, 1.82) is 0 Å². The summed E-state index contributed by atoms with van der Waals surface area (Å²) in [5.74, 6) is 0.772. The minimum absolute atomic E-state index is 0.0873. The van der Waals surface area contributed by atoms with Crippen LogP contribution < -0.4 is 14.4 Å². The van der Waals surface area contributed by atoms with Crippen molar-refractivity contribution in [2.75, 3.05) is 11.5 Å². The molecular formula is C25H18Br2FNO3S2. The molecule has 0 bridgehead atoms. The van der Waals surface area contributed by atoms with Crippen molar-refractivity contribution in [3.63, 3.8) is 0 Å². The number of thiocarbonyl (C=S) groups is 1. The van der Waals surface area contributed by atoms with Crippen LogP contribution in [0.4, 0.5) is 10.1 Å². The van der Waals surface area contributed by atoms with Crippen molar-refractivity contribution in [2.45, 2.75) is 13.5 Å². The van der Waals surface area contributed by atoms with Crippen molar-refractivity contribution in [1.82, 2.24) is 0 Å². The Kier molecular flexibility index (Phi) is 8.08. The lowest BCUT2D eigenvalue weighted by Gasteiger charge is -2.15. The molecule has 9 heteroatoms. The lowest BCUT2D eigenvalue weighted by molar-refractivity contribution is -0.113. The third-order valence-electron chi connectivity index (χ3n) is 4.85. The van der Waals surface area contributed by atoms with E-state index in [1.165, 1.54) is 22.7 Å². The number of benzene rings is 3. The van der Waals surface area contributed by atoms with Gasteiger partial charge in [-0.1, -0.05) is 42.2 Å². The van der Waals surface area contributed by atoms with Crippen LogP contribution in [0.1, 0.15) is 18.1 Å². The van der Waals surface area contributed by atoms with Gasteiger partial charge in [-0.25, -0.2) is 4.39 Å². The van der Waals surface area contributed by atoms with Crippen LogP contribution in [0, 0.1) is 5.82 Å². The van der Waals surface area contributed by atoms with Gasteiger partial charge in [-0.3, -0.25) is 9.69 Å². The zero-order chi connectivity index (χ0) is 24.2. The van der Waals surface area contributed by atoms with Gasteiger partial charge in [0.2, 0.25) is 0 Å². The summed E-state index contributed by atoms with van der Waals surface area (Å²) >= 11 is 13.7. The number of halogens is 3. The maximum Gasteiger partial charge on any atom is 0.270 e. The van der Waals surface area contributed by atoms with Gasteiger partial charge in [0.05, 0.1) is 26.1 Å². The molecule has 1 aliphatic rings. The Morgan fingerprint density at radius 3 is 2.38 bits per heavy atom. The van der Waals surface area contributed by atoms with Crippen LogP contribution >= 0.6 is 55.8 Å². The van der Waals surface area contributed by atoms with E-state index in [9.17, 15) is 9.18 Å². The second-order valence-electron chi connectivity index (χ2n) is 7.14. The molecule has 4 rings (SSSR count). The van der Waals surface area contributed by atoms with Gasteiger partial charge in [-0.05, 0) is 92.9 Å². The van der Waals surface area contributed by atoms with E-state index in [-0.39, 0.29) is 18.3 Å². The van der Waals surface area contributed by atoms with E-state index in [0.29, 0.717) is 41.8 Å². The molecule has 0 N–H and O–H groups in total. The van der Waals surface area contributed by atoms with Crippen LogP contribution in [0.3, 0.4) is 0 Å². The highest BCUT2D eigenvalue weighted by Crippen LogP contribution is 2.39. The monoisotopic (exact) mass is 621 g/mol. The van der Waals surface area contributed by atoms with Crippen LogP contribution in [0.5, 0.6) is 11.5 Å². The molecule has 3 aromatic carbocycles. The Bertz CT molecular complexity index is 1260. The average Bonchev–Trinajstić information content (AvgIpc) is 3.08. The predicted molar refractivity (Wildman–Crippen MR) is 146 cm³/mol. The Morgan fingerprint density at radius 2 is 1.74 bits per heavy atom. The normalized spacial score (nSPS) is 14.7. The number of ether oxygens (including phenoxy) is 2. The van der Waals surface area contributed by atoms with E-state index >= 15 is 0 Å². The van der Waals surface area contributed by atoms with E-state index in [0.717, 1.165) is 11.3 Å². The number of hydrogen-bond acceptors (Lipinski definition) is 5. The van der Waals surface area contributed by atoms with Gasteiger partial charge in [-0.2, -0.15) is 0 Å². The number of rotatable bonds is 7. The topological polar surface area (TPSA) is 38.8 Å². The first-order chi connectivity index (χ1) is 16.4. The summed E-state index contributed by atoms with van der Waals surface area (Å²) in [7, 11) is 0. The van der Waals surface area contributed by atoms with Crippen LogP contribution in [-0.4, -0.2) is 16.8 Å². The standard InChI is InChI=1S/C25H18Br2FNO3S2/c1-2-31-18-9-7-17(8-10-18)29-24(30)22(34-25(29)33)13-15-11-19(26)23(20(27)12-15)32-14-16-5-3-4-6-21(16)28/h3-13H,2,14H2,1H3/b22-13+. The van der Waals surface area contributed by atoms with Crippen LogP contribution in [-0.2, 0) is 11.4 Å². The summed E-state index contributed by atoms with van der Waals surface area (Å²) in [4.78, 5) is 15.1. The number of anilines is 1. The van der Waals surface area contributed by atoms with Crippen molar-refractivity contribution < 1.29 is 18.7 Å². The first-order valence-corrected chi connectivity index (χ1v) is 13.0. The Morgan fingerprint density at radius 1 is 1.06 bits per heavy atom. The zero-order valence-electron chi connectivity index (χ0n) is 17.9. The van der Waals surface area contributed by atoms with Crippen LogP contribution in [0.25, 0.3) is 6.08 Å². The molecule has 34 heavy (non-hydrogen) atoms. The van der Waals surface area contributed by atoms with Crippen molar-refractivity contribution in [2.24, 2.45) is 0 Å². The smallest absolute Gasteiger partial charge is 0.270 e. The van der Waals surface area contributed by atoms with Crippen molar-refractivity contribution in [3.8, 4) is 11.5 Å². The summed E-state index contributed by atoms with van der Waals surface area (Å²) in [6.45, 7) is 2.57. The Labute approximate surface area is 223 Å². The Hall–Kier alpha value is -2.20. The number of carbonyl (C=O) groups is 1. The van der Waals surface area contributed by atoms with Crippen LogP contribution in [0.15, 0.2) is 74.5 Å². The fraction of sp³-hybridized carbons (Fsp3) is 0.120. The fourth-order valence-electron chi connectivity index (χ4n) is 3.27.